The molecule has 3 heterocycles. The van der Waals surface area contributed by atoms with E-state index < -0.39 is 0 Å². The molecule has 0 aliphatic rings. The van der Waals surface area contributed by atoms with Gasteiger partial charge in [-0.2, -0.15) is 5.10 Å². The van der Waals surface area contributed by atoms with E-state index in [2.05, 4.69) is 20.4 Å². The van der Waals surface area contributed by atoms with Gasteiger partial charge in [0.05, 0.1) is 41.0 Å². The van der Waals surface area contributed by atoms with Crippen molar-refractivity contribution in [2.75, 3.05) is 11.1 Å². The maximum Gasteiger partial charge on any atom is 0.259 e. The van der Waals surface area contributed by atoms with Crippen LogP contribution in [0.25, 0.3) is 5.52 Å². The minimum Gasteiger partial charge on any atom is -0.396 e. The van der Waals surface area contributed by atoms with Gasteiger partial charge in [-0.05, 0) is 6.07 Å². The molecule has 19 heavy (non-hydrogen) atoms. The van der Waals surface area contributed by atoms with Crippen molar-refractivity contribution in [1.82, 2.24) is 19.6 Å². The van der Waals surface area contributed by atoms with E-state index in [1.807, 2.05) is 0 Å². The summed E-state index contributed by atoms with van der Waals surface area (Å²) in [5, 5.41) is 6.80. The van der Waals surface area contributed by atoms with Gasteiger partial charge in [-0.15, -0.1) is 0 Å². The van der Waals surface area contributed by atoms with E-state index in [-0.39, 0.29) is 5.91 Å². The van der Waals surface area contributed by atoms with Crippen molar-refractivity contribution < 1.29 is 4.79 Å². The Hall–Kier alpha value is -2.96. The first kappa shape index (κ1) is 11.1. The van der Waals surface area contributed by atoms with E-state index in [0.717, 1.165) is 0 Å². The number of pyridine rings is 1. The molecule has 0 radical (unpaired) electrons. The average molecular weight is 254 g/mol. The highest BCUT2D eigenvalue weighted by atomic mass is 16.1. The van der Waals surface area contributed by atoms with Gasteiger partial charge in [0.25, 0.3) is 5.91 Å². The molecule has 3 aromatic rings. The third kappa shape index (κ3) is 1.97. The molecule has 7 nitrogen and oxygen atoms in total. The zero-order valence-electron chi connectivity index (χ0n) is 9.82. The SMILES string of the molecule is Nc1cnccc1NC(=O)c1cnn2ccncc12. The maximum atomic E-state index is 12.2. The quantitative estimate of drug-likeness (QED) is 0.709. The fourth-order valence-electron chi connectivity index (χ4n) is 1.72. The normalized spacial score (nSPS) is 10.5. The lowest BCUT2D eigenvalue weighted by Gasteiger charge is -2.06. The van der Waals surface area contributed by atoms with Crippen LogP contribution in [0.1, 0.15) is 10.4 Å². The predicted molar refractivity (Wildman–Crippen MR) is 69.6 cm³/mol. The number of aromatic nitrogens is 4. The van der Waals surface area contributed by atoms with E-state index in [9.17, 15) is 4.79 Å². The van der Waals surface area contributed by atoms with Crippen LogP contribution in [0.5, 0.6) is 0 Å². The minimum absolute atomic E-state index is 0.291. The first-order valence-corrected chi connectivity index (χ1v) is 5.54. The topological polar surface area (TPSA) is 98.2 Å². The zero-order valence-corrected chi connectivity index (χ0v) is 9.82. The molecule has 0 aliphatic carbocycles. The van der Waals surface area contributed by atoms with Crippen LogP contribution in [0.15, 0.2) is 43.2 Å². The second kappa shape index (κ2) is 4.37. The predicted octanol–water partition coefficient (Wildman–Crippen LogP) is 0.959. The lowest BCUT2D eigenvalue weighted by Crippen LogP contribution is -2.13. The molecule has 0 unspecified atom stereocenters. The molecular formula is C12H10N6O. The van der Waals surface area contributed by atoms with Crippen LogP contribution >= 0.6 is 0 Å². The Morgan fingerprint density at radius 3 is 2.89 bits per heavy atom. The van der Waals surface area contributed by atoms with Crippen LogP contribution in [-0.4, -0.2) is 25.5 Å². The number of carbonyl (C=O) groups is 1. The van der Waals surface area contributed by atoms with Crippen LogP contribution in [0.3, 0.4) is 0 Å². The smallest absolute Gasteiger partial charge is 0.259 e. The molecule has 0 atom stereocenters. The molecule has 1 amide bonds. The molecule has 94 valence electrons. The van der Waals surface area contributed by atoms with Crippen molar-refractivity contribution >= 4 is 22.8 Å². The van der Waals surface area contributed by atoms with Crippen molar-refractivity contribution in [2.24, 2.45) is 0 Å². The number of hydrogen-bond donors (Lipinski definition) is 2. The lowest BCUT2D eigenvalue weighted by molar-refractivity contribution is 0.102. The summed E-state index contributed by atoms with van der Waals surface area (Å²) < 4.78 is 1.58. The molecule has 0 saturated heterocycles. The van der Waals surface area contributed by atoms with Gasteiger partial charge in [-0.25, -0.2) is 4.52 Å². The Bertz CT molecular complexity index is 751. The van der Waals surface area contributed by atoms with Crippen LogP contribution in [0.4, 0.5) is 11.4 Å². The molecule has 7 heteroatoms. The summed E-state index contributed by atoms with van der Waals surface area (Å²) in [6, 6.07) is 1.64. The Balaban J connectivity index is 1.95. The van der Waals surface area contributed by atoms with Gasteiger partial charge < -0.3 is 11.1 Å². The van der Waals surface area contributed by atoms with E-state index in [0.29, 0.717) is 22.5 Å². The third-order valence-corrected chi connectivity index (χ3v) is 2.67. The number of nitrogen functional groups attached to an aromatic ring is 1. The fourth-order valence-corrected chi connectivity index (χ4v) is 1.72. The number of amides is 1. The highest BCUT2D eigenvalue weighted by Crippen LogP contribution is 2.17. The van der Waals surface area contributed by atoms with E-state index in [1.165, 1.54) is 12.4 Å². The second-order valence-electron chi connectivity index (χ2n) is 3.88. The highest BCUT2D eigenvalue weighted by molar-refractivity contribution is 6.09. The molecule has 0 aliphatic heterocycles. The van der Waals surface area contributed by atoms with E-state index in [1.54, 1.807) is 35.4 Å². The number of nitrogens with two attached hydrogens (primary N) is 1. The van der Waals surface area contributed by atoms with Crippen molar-refractivity contribution in [3.8, 4) is 0 Å². The summed E-state index contributed by atoms with van der Waals surface area (Å²) in [5.74, 6) is -0.291. The Morgan fingerprint density at radius 1 is 1.21 bits per heavy atom. The summed E-state index contributed by atoms with van der Waals surface area (Å²) in [5.41, 5.74) is 7.72. The number of fused-ring (bicyclic) bond motifs is 1. The number of hydrogen-bond acceptors (Lipinski definition) is 5. The average Bonchev–Trinajstić information content (AvgIpc) is 2.85. The Kier molecular flexibility index (Phi) is 2.57. The monoisotopic (exact) mass is 254 g/mol. The van der Waals surface area contributed by atoms with Crippen molar-refractivity contribution in [3.05, 3.63) is 48.8 Å². The third-order valence-electron chi connectivity index (χ3n) is 2.67. The van der Waals surface area contributed by atoms with Crippen molar-refractivity contribution in [1.29, 1.82) is 0 Å². The highest BCUT2D eigenvalue weighted by Gasteiger charge is 2.13. The summed E-state index contributed by atoms with van der Waals surface area (Å²) in [6.45, 7) is 0. The second-order valence-corrected chi connectivity index (χ2v) is 3.88. The van der Waals surface area contributed by atoms with E-state index in [4.69, 9.17) is 5.73 Å². The fraction of sp³-hybridized carbons (Fsp3) is 0. The maximum absolute atomic E-state index is 12.2. The molecular weight excluding hydrogens is 244 g/mol. The van der Waals surface area contributed by atoms with Crippen LogP contribution in [0, 0.1) is 0 Å². The standard InChI is InChI=1S/C12H10N6O/c13-9-6-14-2-1-10(9)17-12(19)8-5-16-18-4-3-15-7-11(8)18/h1-7H,13H2,(H,14,17,19). The molecule has 3 rings (SSSR count). The van der Waals surface area contributed by atoms with Crippen LogP contribution in [0.2, 0.25) is 0 Å². The van der Waals surface area contributed by atoms with Crippen molar-refractivity contribution in [3.63, 3.8) is 0 Å². The van der Waals surface area contributed by atoms with Gasteiger partial charge in [-0.1, -0.05) is 0 Å². The van der Waals surface area contributed by atoms with Gasteiger partial charge in [-0.3, -0.25) is 14.8 Å². The summed E-state index contributed by atoms with van der Waals surface area (Å²) in [6.07, 6.45) is 9.38. The van der Waals surface area contributed by atoms with Crippen LogP contribution < -0.4 is 11.1 Å². The van der Waals surface area contributed by atoms with Gasteiger partial charge in [0.1, 0.15) is 0 Å². The minimum atomic E-state index is -0.291. The van der Waals surface area contributed by atoms with Gasteiger partial charge in [0.15, 0.2) is 0 Å². The number of nitrogens with zero attached hydrogens (tertiary/aromatic N) is 4. The summed E-state index contributed by atoms with van der Waals surface area (Å²) >= 11 is 0. The zero-order chi connectivity index (χ0) is 13.2. The lowest BCUT2D eigenvalue weighted by atomic mass is 10.2. The Labute approximate surface area is 108 Å². The summed E-state index contributed by atoms with van der Waals surface area (Å²) in [7, 11) is 0. The van der Waals surface area contributed by atoms with Gasteiger partial charge in [0.2, 0.25) is 0 Å². The number of carbonyl (C=O) groups excluding carboxylic acids is 1. The molecule has 3 N–H and O–H groups in total. The van der Waals surface area contributed by atoms with E-state index >= 15 is 0 Å². The van der Waals surface area contributed by atoms with Gasteiger partial charge >= 0.3 is 0 Å². The van der Waals surface area contributed by atoms with Crippen molar-refractivity contribution in [2.45, 2.75) is 0 Å². The summed E-state index contributed by atoms with van der Waals surface area (Å²) in [4.78, 5) is 20.0. The number of rotatable bonds is 2. The molecule has 3 aromatic heterocycles. The van der Waals surface area contributed by atoms with Crippen LogP contribution in [-0.2, 0) is 0 Å². The number of nitrogens with one attached hydrogen (secondary N) is 1. The first-order valence-electron chi connectivity index (χ1n) is 5.54. The molecule has 0 spiro atoms. The first-order chi connectivity index (χ1) is 9.25. The Morgan fingerprint density at radius 2 is 2.05 bits per heavy atom. The molecule has 0 saturated carbocycles. The van der Waals surface area contributed by atoms with Gasteiger partial charge in [0, 0.05) is 18.6 Å². The molecule has 0 fully saturated rings. The largest absolute Gasteiger partial charge is 0.396 e. The molecule has 0 aromatic carbocycles. The number of anilines is 2. The molecule has 0 bridgehead atoms.